The average molecular weight is 176 g/mol. The molecule has 2 N–H and O–H groups in total. The van der Waals surface area contributed by atoms with Gasteiger partial charge in [0, 0.05) is 24.4 Å². The summed E-state index contributed by atoms with van der Waals surface area (Å²) < 4.78 is 0. The minimum absolute atomic E-state index is 0.270. The van der Waals surface area contributed by atoms with Gasteiger partial charge in [-0.3, -0.25) is 4.98 Å². The predicted molar refractivity (Wildman–Crippen MR) is 53.5 cm³/mol. The monoisotopic (exact) mass is 176 g/mol. The zero-order chi connectivity index (χ0) is 9.64. The molecule has 2 nitrogen and oxygen atoms in total. The van der Waals surface area contributed by atoms with Gasteiger partial charge in [-0.05, 0) is 29.5 Å². The number of aromatic nitrogens is 1. The number of hydrogen-bond acceptors (Lipinski definition) is 2. The highest BCUT2D eigenvalue weighted by Gasteiger charge is 2.56. The smallest absolute Gasteiger partial charge is 0.0299 e. The number of hydrogen-bond donors (Lipinski definition) is 1. The van der Waals surface area contributed by atoms with E-state index in [2.05, 4.69) is 31.8 Å². The zero-order valence-corrected chi connectivity index (χ0v) is 8.41. The van der Waals surface area contributed by atoms with Crippen molar-refractivity contribution < 1.29 is 0 Å². The Hall–Kier alpha value is -0.890. The average Bonchev–Trinajstić information content (AvgIpc) is 2.54. The van der Waals surface area contributed by atoms with Gasteiger partial charge in [-0.15, -0.1) is 0 Å². The molecule has 1 aromatic rings. The second-order valence-electron chi connectivity index (χ2n) is 4.56. The summed E-state index contributed by atoms with van der Waals surface area (Å²) in [4.78, 5) is 4.09. The number of pyridine rings is 1. The van der Waals surface area contributed by atoms with Crippen LogP contribution < -0.4 is 5.73 Å². The molecule has 0 radical (unpaired) electrons. The lowest BCUT2D eigenvalue weighted by Gasteiger charge is -2.05. The Morgan fingerprint density at radius 3 is 2.54 bits per heavy atom. The first-order chi connectivity index (χ1) is 6.05. The number of rotatable bonds is 1. The molecule has 2 rings (SSSR count). The second kappa shape index (κ2) is 2.55. The lowest BCUT2D eigenvalue weighted by atomic mass is 10.0. The summed E-state index contributed by atoms with van der Waals surface area (Å²) in [5, 5.41) is 0. The number of nitrogens with zero attached hydrogens (tertiary/aromatic N) is 1. The van der Waals surface area contributed by atoms with Crippen LogP contribution in [-0.4, -0.2) is 11.0 Å². The van der Waals surface area contributed by atoms with Gasteiger partial charge in [0.15, 0.2) is 0 Å². The molecule has 0 spiro atoms. The summed E-state index contributed by atoms with van der Waals surface area (Å²) in [6, 6.07) is 2.41. The Kier molecular flexibility index (Phi) is 1.70. The van der Waals surface area contributed by atoms with Gasteiger partial charge in [0.1, 0.15) is 0 Å². The highest BCUT2D eigenvalue weighted by Crippen LogP contribution is 2.57. The summed E-state index contributed by atoms with van der Waals surface area (Å²) in [7, 11) is 0. The van der Waals surface area contributed by atoms with E-state index in [1.54, 1.807) is 0 Å². The van der Waals surface area contributed by atoms with E-state index in [-0.39, 0.29) is 5.41 Å². The highest BCUT2D eigenvalue weighted by atomic mass is 14.8. The molecule has 2 atom stereocenters. The number of nitrogens with two attached hydrogens (primary N) is 1. The molecule has 1 fully saturated rings. The lowest BCUT2D eigenvalue weighted by Crippen LogP contribution is -2.06. The topological polar surface area (TPSA) is 38.9 Å². The van der Waals surface area contributed by atoms with Crippen molar-refractivity contribution in [2.45, 2.75) is 32.7 Å². The number of aryl methyl sites for hydroxylation is 1. The SMILES string of the molecule is Cc1cnccc1C1C(N)C1(C)C. The Morgan fingerprint density at radius 1 is 1.46 bits per heavy atom. The van der Waals surface area contributed by atoms with E-state index in [1.165, 1.54) is 11.1 Å². The maximum absolute atomic E-state index is 6.02. The summed E-state index contributed by atoms with van der Waals surface area (Å²) in [6.45, 7) is 6.55. The zero-order valence-electron chi connectivity index (χ0n) is 8.41. The second-order valence-corrected chi connectivity index (χ2v) is 4.56. The minimum atomic E-state index is 0.270. The predicted octanol–water partition coefficient (Wildman–Crippen LogP) is 1.84. The molecular weight excluding hydrogens is 160 g/mol. The normalized spacial score (nSPS) is 30.2. The largest absolute Gasteiger partial charge is 0.327 e. The molecule has 0 aromatic carbocycles. The van der Waals surface area contributed by atoms with Crippen LogP contribution >= 0.6 is 0 Å². The van der Waals surface area contributed by atoms with Crippen LogP contribution in [0.2, 0.25) is 0 Å². The van der Waals surface area contributed by atoms with Crippen molar-refractivity contribution in [3.63, 3.8) is 0 Å². The first kappa shape index (κ1) is 8.70. The van der Waals surface area contributed by atoms with Gasteiger partial charge in [-0.2, -0.15) is 0 Å². The maximum atomic E-state index is 6.02. The van der Waals surface area contributed by atoms with Gasteiger partial charge in [0.05, 0.1) is 0 Å². The van der Waals surface area contributed by atoms with E-state index in [0.29, 0.717) is 12.0 Å². The van der Waals surface area contributed by atoms with Crippen LogP contribution in [0.25, 0.3) is 0 Å². The molecule has 13 heavy (non-hydrogen) atoms. The lowest BCUT2D eigenvalue weighted by molar-refractivity contribution is 0.598. The van der Waals surface area contributed by atoms with Gasteiger partial charge >= 0.3 is 0 Å². The Morgan fingerprint density at radius 2 is 2.08 bits per heavy atom. The Labute approximate surface area is 79.2 Å². The van der Waals surface area contributed by atoms with Crippen LogP contribution in [0.3, 0.4) is 0 Å². The fraction of sp³-hybridized carbons (Fsp3) is 0.545. The third-order valence-corrected chi connectivity index (χ3v) is 3.31. The first-order valence-electron chi connectivity index (χ1n) is 4.71. The molecule has 0 aliphatic heterocycles. The van der Waals surface area contributed by atoms with E-state index in [4.69, 9.17) is 5.73 Å². The van der Waals surface area contributed by atoms with Crippen LogP contribution in [0.4, 0.5) is 0 Å². The minimum Gasteiger partial charge on any atom is -0.327 e. The Bertz CT molecular complexity index is 331. The van der Waals surface area contributed by atoms with Gasteiger partial charge in [-0.1, -0.05) is 13.8 Å². The van der Waals surface area contributed by atoms with Crippen molar-refractivity contribution in [3.05, 3.63) is 29.6 Å². The van der Waals surface area contributed by atoms with Crippen LogP contribution in [-0.2, 0) is 0 Å². The molecule has 1 heterocycles. The van der Waals surface area contributed by atoms with Crippen LogP contribution in [0.15, 0.2) is 18.5 Å². The molecule has 70 valence electrons. The summed E-state index contributed by atoms with van der Waals surface area (Å²) in [6.07, 6.45) is 3.76. The Balaban J connectivity index is 2.34. The molecular formula is C11H16N2. The van der Waals surface area contributed by atoms with Crippen molar-refractivity contribution in [2.24, 2.45) is 11.1 Å². The summed E-state index contributed by atoms with van der Waals surface area (Å²) in [5.41, 5.74) is 8.92. The molecule has 1 saturated carbocycles. The first-order valence-corrected chi connectivity index (χ1v) is 4.71. The molecule has 2 unspecified atom stereocenters. The molecule has 1 aliphatic rings. The van der Waals surface area contributed by atoms with E-state index < -0.39 is 0 Å². The van der Waals surface area contributed by atoms with Crippen molar-refractivity contribution in [2.75, 3.05) is 0 Å². The van der Waals surface area contributed by atoms with Gasteiger partial charge in [0.2, 0.25) is 0 Å². The van der Waals surface area contributed by atoms with E-state index in [0.717, 1.165) is 0 Å². The van der Waals surface area contributed by atoms with Crippen LogP contribution in [0, 0.1) is 12.3 Å². The fourth-order valence-electron chi connectivity index (χ4n) is 2.10. The molecule has 1 aliphatic carbocycles. The van der Waals surface area contributed by atoms with E-state index in [1.807, 2.05) is 12.4 Å². The standard InChI is InChI=1S/C11H16N2/c1-7-6-13-5-4-8(7)9-10(12)11(9,2)3/h4-6,9-10H,12H2,1-3H3. The quantitative estimate of drug-likeness (QED) is 0.709. The van der Waals surface area contributed by atoms with Crippen LogP contribution in [0.1, 0.15) is 30.9 Å². The summed E-state index contributed by atoms with van der Waals surface area (Å²) in [5.74, 6) is 0.524. The highest BCUT2D eigenvalue weighted by molar-refractivity contribution is 5.37. The third-order valence-electron chi connectivity index (χ3n) is 3.31. The van der Waals surface area contributed by atoms with Crippen molar-refractivity contribution in [1.29, 1.82) is 0 Å². The molecule has 1 aromatic heterocycles. The van der Waals surface area contributed by atoms with Gasteiger partial charge < -0.3 is 5.73 Å². The molecule has 0 amide bonds. The third kappa shape index (κ3) is 1.17. The van der Waals surface area contributed by atoms with Gasteiger partial charge in [-0.25, -0.2) is 0 Å². The van der Waals surface area contributed by atoms with E-state index >= 15 is 0 Å². The van der Waals surface area contributed by atoms with Crippen molar-refractivity contribution in [1.82, 2.24) is 4.98 Å². The molecule has 0 bridgehead atoms. The van der Waals surface area contributed by atoms with Gasteiger partial charge in [0.25, 0.3) is 0 Å². The molecule has 2 heteroatoms. The fourth-order valence-corrected chi connectivity index (χ4v) is 2.10. The molecule has 0 saturated heterocycles. The van der Waals surface area contributed by atoms with Crippen molar-refractivity contribution >= 4 is 0 Å². The summed E-state index contributed by atoms with van der Waals surface area (Å²) >= 11 is 0. The van der Waals surface area contributed by atoms with E-state index in [9.17, 15) is 0 Å². The maximum Gasteiger partial charge on any atom is 0.0299 e. The van der Waals surface area contributed by atoms with Crippen molar-refractivity contribution in [3.8, 4) is 0 Å². The van der Waals surface area contributed by atoms with Crippen LogP contribution in [0.5, 0.6) is 0 Å².